The minimum Gasteiger partial charge on any atom is -0.426 e. The molecule has 0 saturated heterocycles. The highest BCUT2D eigenvalue weighted by molar-refractivity contribution is 5.76. The highest BCUT2D eigenvalue weighted by Crippen LogP contribution is 2.33. The van der Waals surface area contributed by atoms with E-state index in [2.05, 4.69) is 26.4 Å². The number of fused-ring (bicyclic) bond motifs is 2. The van der Waals surface area contributed by atoms with Crippen molar-refractivity contribution in [3.05, 3.63) is 89.2 Å². The SMILES string of the molecule is C=C(/C=C\C=C/C)N1CCCc2cc(Oc3nc4cnccc4c(=O)[nH]3)ccc21. The molecule has 3 aromatic rings. The van der Waals surface area contributed by atoms with E-state index in [1.807, 2.05) is 49.4 Å². The molecule has 1 aliphatic heterocycles. The molecule has 0 radical (unpaired) electrons. The molecule has 0 fully saturated rings. The topological polar surface area (TPSA) is 71.1 Å². The maximum absolute atomic E-state index is 12.2. The summed E-state index contributed by atoms with van der Waals surface area (Å²) in [6.45, 7) is 7.11. The number of aromatic amines is 1. The molecule has 0 spiro atoms. The van der Waals surface area contributed by atoms with Crippen molar-refractivity contribution in [2.75, 3.05) is 11.4 Å². The van der Waals surface area contributed by atoms with E-state index in [1.54, 1.807) is 18.5 Å². The van der Waals surface area contributed by atoms with Gasteiger partial charge in [-0.05, 0) is 55.7 Å². The van der Waals surface area contributed by atoms with E-state index in [0.29, 0.717) is 16.7 Å². The van der Waals surface area contributed by atoms with Gasteiger partial charge >= 0.3 is 6.01 Å². The predicted octanol–water partition coefficient (Wildman–Crippen LogP) is 4.51. The highest BCUT2D eigenvalue weighted by Gasteiger charge is 2.19. The van der Waals surface area contributed by atoms with Crippen LogP contribution in [0.5, 0.6) is 11.8 Å². The van der Waals surface area contributed by atoms with Crippen molar-refractivity contribution in [1.29, 1.82) is 0 Å². The van der Waals surface area contributed by atoms with Gasteiger partial charge in [-0.1, -0.05) is 24.8 Å². The fourth-order valence-corrected chi connectivity index (χ4v) is 3.43. The summed E-state index contributed by atoms with van der Waals surface area (Å²) >= 11 is 0. The van der Waals surface area contributed by atoms with Gasteiger partial charge in [-0.3, -0.25) is 14.8 Å². The first-order valence-corrected chi connectivity index (χ1v) is 9.56. The second-order valence-electron chi connectivity index (χ2n) is 6.79. The summed E-state index contributed by atoms with van der Waals surface area (Å²) in [5.74, 6) is 0.632. The normalized spacial score (nSPS) is 13.9. The van der Waals surface area contributed by atoms with Crippen molar-refractivity contribution in [1.82, 2.24) is 15.0 Å². The van der Waals surface area contributed by atoms with Gasteiger partial charge in [0.1, 0.15) is 5.75 Å². The van der Waals surface area contributed by atoms with Gasteiger partial charge in [0.2, 0.25) is 0 Å². The van der Waals surface area contributed by atoms with Crippen LogP contribution < -0.4 is 15.2 Å². The van der Waals surface area contributed by atoms with Crippen LogP contribution >= 0.6 is 0 Å². The average Bonchev–Trinajstić information content (AvgIpc) is 2.73. The third-order valence-electron chi connectivity index (χ3n) is 4.81. The molecule has 2 aromatic heterocycles. The Hall–Kier alpha value is -3.67. The summed E-state index contributed by atoms with van der Waals surface area (Å²) in [4.78, 5) is 25.5. The Kier molecular flexibility index (Phi) is 5.24. The summed E-state index contributed by atoms with van der Waals surface area (Å²) in [5.41, 5.74) is 3.51. The number of H-pyrrole nitrogens is 1. The molecule has 0 aliphatic carbocycles. The first kappa shape index (κ1) is 18.7. The van der Waals surface area contributed by atoms with Crippen molar-refractivity contribution in [2.45, 2.75) is 19.8 Å². The molecule has 3 heterocycles. The zero-order valence-electron chi connectivity index (χ0n) is 16.3. The standard InChI is InChI=1S/C23H22N4O2/c1-3-4-5-7-16(2)27-13-6-8-17-14-18(9-10-21(17)27)29-23-25-20-15-24-12-11-19(20)22(28)26-23/h3-5,7,9-12,14-15H,2,6,8,13H2,1H3,(H,25,26,28)/b4-3-,7-5-. The molecule has 4 rings (SSSR count). The van der Waals surface area contributed by atoms with Crippen molar-refractivity contribution in [2.24, 2.45) is 0 Å². The third-order valence-corrected chi connectivity index (χ3v) is 4.81. The first-order chi connectivity index (χ1) is 14.2. The van der Waals surface area contributed by atoms with Crippen LogP contribution in [0, 0.1) is 0 Å². The maximum atomic E-state index is 12.2. The lowest BCUT2D eigenvalue weighted by molar-refractivity contribution is 0.442. The monoisotopic (exact) mass is 386 g/mol. The van der Waals surface area contributed by atoms with Gasteiger partial charge in [-0.15, -0.1) is 0 Å². The van der Waals surface area contributed by atoms with Crippen molar-refractivity contribution < 1.29 is 4.74 Å². The molecule has 0 saturated carbocycles. The van der Waals surface area contributed by atoms with Crippen LogP contribution in [0.3, 0.4) is 0 Å². The second-order valence-corrected chi connectivity index (χ2v) is 6.79. The van der Waals surface area contributed by atoms with E-state index in [9.17, 15) is 4.79 Å². The number of allylic oxidation sites excluding steroid dienone is 4. The van der Waals surface area contributed by atoms with Crippen LogP contribution in [-0.2, 0) is 6.42 Å². The molecule has 0 unspecified atom stereocenters. The van der Waals surface area contributed by atoms with E-state index in [0.717, 1.165) is 30.8 Å². The Labute approximate surface area is 168 Å². The van der Waals surface area contributed by atoms with Crippen LogP contribution in [0.15, 0.2) is 78.0 Å². The largest absolute Gasteiger partial charge is 0.426 e. The van der Waals surface area contributed by atoms with Crippen molar-refractivity contribution >= 4 is 16.6 Å². The number of ether oxygens (including phenoxy) is 1. The zero-order chi connectivity index (χ0) is 20.2. The fraction of sp³-hybridized carbons (Fsp3) is 0.174. The number of anilines is 1. The lowest BCUT2D eigenvalue weighted by Gasteiger charge is -2.31. The number of rotatable bonds is 5. The molecule has 146 valence electrons. The summed E-state index contributed by atoms with van der Waals surface area (Å²) < 4.78 is 5.85. The maximum Gasteiger partial charge on any atom is 0.302 e. The molecule has 0 amide bonds. The zero-order valence-corrected chi connectivity index (χ0v) is 16.3. The Morgan fingerprint density at radius 3 is 3.07 bits per heavy atom. The minimum atomic E-state index is -0.249. The van der Waals surface area contributed by atoms with Gasteiger partial charge in [0.25, 0.3) is 5.56 Å². The van der Waals surface area contributed by atoms with Crippen molar-refractivity contribution in [3.8, 4) is 11.8 Å². The van der Waals surface area contributed by atoms with Crippen LogP contribution in [0.25, 0.3) is 10.9 Å². The van der Waals surface area contributed by atoms with Crippen LogP contribution in [0.4, 0.5) is 5.69 Å². The number of nitrogens with one attached hydrogen (secondary N) is 1. The van der Waals surface area contributed by atoms with Gasteiger partial charge in [-0.2, -0.15) is 4.98 Å². The van der Waals surface area contributed by atoms with Gasteiger partial charge in [0, 0.05) is 24.1 Å². The molecule has 1 aromatic carbocycles. The summed E-state index contributed by atoms with van der Waals surface area (Å²) in [6.07, 6.45) is 13.1. The number of pyridine rings is 1. The molecule has 1 aliphatic rings. The predicted molar refractivity (Wildman–Crippen MR) is 115 cm³/mol. The second kappa shape index (κ2) is 8.14. The lowest BCUT2D eigenvalue weighted by Crippen LogP contribution is -2.27. The summed E-state index contributed by atoms with van der Waals surface area (Å²) in [6, 6.07) is 7.70. The smallest absolute Gasteiger partial charge is 0.302 e. The number of aromatic nitrogens is 3. The molecule has 29 heavy (non-hydrogen) atoms. The fourth-order valence-electron chi connectivity index (χ4n) is 3.43. The van der Waals surface area contributed by atoms with E-state index in [-0.39, 0.29) is 11.6 Å². The number of hydrogen-bond donors (Lipinski definition) is 1. The first-order valence-electron chi connectivity index (χ1n) is 9.56. The van der Waals surface area contributed by atoms with E-state index < -0.39 is 0 Å². The molecule has 6 nitrogen and oxygen atoms in total. The lowest BCUT2D eigenvalue weighted by atomic mass is 10.0. The molecular formula is C23H22N4O2. The number of hydrogen-bond acceptors (Lipinski definition) is 5. The summed E-state index contributed by atoms with van der Waals surface area (Å²) in [5, 5.41) is 0.484. The van der Waals surface area contributed by atoms with Gasteiger partial charge in [0.05, 0.1) is 17.1 Å². The Morgan fingerprint density at radius 2 is 2.21 bits per heavy atom. The number of aryl methyl sites for hydroxylation is 1. The van der Waals surface area contributed by atoms with Crippen LogP contribution in [-0.4, -0.2) is 21.5 Å². The molecule has 1 N–H and O–H groups in total. The summed E-state index contributed by atoms with van der Waals surface area (Å²) in [7, 11) is 0. The Balaban J connectivity index is 1.60. The molecule has 0 bridgehead atoms. The number of nitrogens with zero attached hydrogens (tertiary/aromatic N) is 3. The quantitative estimate of drug-likeness (QED) is 0.653. The van der Waals surface area contributed by atoms with Crippen LogP contribution in [0.2, 0.25) is 0 Å². The number of benzene rings is 1. The average molecular weight is 386 g/mol. The van der Waals surface area contributed by atoms with Gasteiger partial charge < -0.3 is 9.64 Å². The Bertz CT molecular complexity index is 1180. The van der Waals surface area contributed by atoms with Crippen LogP contribution in [0.1, 0.15) is 18.9 Å². The third kappa shape index (κ3) is 3.96. The van der Waals surface area contributed by atoms with Gasteiger partial charge in [-0.25, -0.2) is 0 Å². The molecule has 6 heteroatoms. The Morgan fingerprint density at radius 1 is 1.31 bits per heavy atom. The minimum absolute atomic E-state index is 0.154. The molecular weight excluding hydrogens is 364 g/mol. The van der Waals surface area contributed by atoms with E-state index in [1.165, 1.54) is 5.56 Å². The molecule has 0 atom stereocenters. The van der Waals surface area contributed by atoms with E-state index in [4.69, 9.17) is 4.74 Å². The van der Waals surface area contributed by atoms with Gasteiger partial charge in [0.15, 0.2) is 0 Å². The van der Waals surface area contributed by atoms with Crippen molar-refractivity contribution in [3.63, 3.8) is 0 Å². The highest BCUT2D eigenvalue weighted by atomic mass is 16.5. The van der Waals surface area contributed by atoms with E-state index >= 15 is 0 Å².